The van der Waals surface area contributed by atoms with E-state index in [1.54, 1.807) is 11.3 Å². The van der Waals surface area contributed by atoms with Crippen LogP contribution in [-0.2, 0) is 12.4 Å². The van der Waals surface area contributed by atoms with Crippen molar-refractivity contribution in [3.8, 4) is 10.6 Å². The van der Waals surface area contributed by atoms with Crippen LogP contribution in [0.2, 0.25) is 0 Å². The summed E-state index contributed by atoms with van der Waals surface area (Å²) in [6.45, 7) is 7.72. The van der Waals surface area contributed by atoms with E-state index in [9.17, 15) is 0 Å². The molecule has 0 aliphatic rings. The molecule has 4 heteroatoms. The first-order valence-corrected chi connectivity index (χ1v) is 8.50. The molecule has 0 amide bonds. The van der Waals surface area contributed by atoms with Crippen LogP contribution in [0.4, 0.5) is 0 Å². The van der Waals surface area contributed by atoms with E-state index in [1.165, 1.54) is 17.5 Å². The van der Waals surface area contributed by atoms with Gasteiger partial charge in [0.15, 0.2) is 0 Å². The van der Waals surface area contributed by atoms with Gasteiger partial charge < -0.3 is 0 Å². The topological polar surface area (TPSA) is 16.1 Å². The van der Waals surface area contributed by atoms with Crippen LogP contribution in [0.5, 0.6) is 0 Å². The zero-order valence-corrected chi connectivity index (χ0v) is 13.7. The molecule has 20 heavy (non-hydrogen) atoms. The van der Waals surface area contributed by atoms with Crippen LogP contribution < -0.4 is 0 Å². The summed E-state index contributed by atoms with van der Waals surface area (Å²) in [5.41, 5.74) is 3.49. The largest absolute Gasteiger partial charge is 0.299 e. The minimum absolute atomic E-state index is 0.483. The van der Waals surface area contributed by atoms with E-state index in [-0.39, 0.29) is 0 Å². The van der Waals surface area contributed by atoms with Gasteiger partial charge in [-0.3, -0.25) is 4.90 Å². The van der Waals surface area contributed by atoms with Gasteiger partial charge in [0, 0.05) is 17.5 Å². The highest BCUT2D eigenvalue weighted by molar-refractivity contribution is 7.13. The zero-order valence-electron chi connectivity index (χ0n) is 12.1. The molecule has 0 radical (unpaired) electrons. The Kier molecular flexibility index (Phi) is 6.02. The Balaban J connectivity index is 2.05. The number of halogens is 1. The maximum Gasteiger partial charge on any atom is 0.123 e. The van der Waals surface area contributed by atoms with Gasteiger partial charge in [0.05, 0.1) is 11.6 Å². The van der Waals surface area contributed by atoms with E-state index in [0.29, 0.717) is 5.88 Å². The van der Waals surface area contributed by atoms with Crippen LogP contribution in [0.1, 0.15) is 31.5 Å². The van der Waals surface area contributed by atoms with Gasteiger partial charge in [0.2, 0.25) is 0 Å². The number of rotatable bonds is 7. The average Bonchev–Trinajstić information content (AvgIpc) is 2.96. The van der Waals surface area contributed by atoms with Gasteiger partial charge in [-0.25, -0.2) is 4.98 Å². The molecule has 0 aliphatic carbocycles. The summed E-state index contributed by atoms with van der Waals surface area (Å²) in [5.74, 6) is 0.483. The average molecular weight is 309 g/mol. The lowest BCUT2D eigenvalue weighted by Gasteiger charge is -2.19. The molecule has 0 spiro atoms. The molecule has 2 rings (SSSR count). The summed E-state index contributed by atoms with van der Waals surface area (Å²) >= 11 is 7.45. The molecule has 2 aromatic rings. The predicted octanol–water partition coefficient (Wildman–Crippen LogP) is 4.78. The first-order chi connectivity index (χ1) is 9.76. The lowest BCUT2D eigenvalue weighted by Crippen LogP contribution is -2.23. The number of benzene rings is 1. The van der Waals surface area contributed by atoms with Gasteiger partial charge in [-0.1, -0.05) is 38.1 Å². The van der Waals surface area contributed by atoms with Gasteiger partial charge in [-0.2, -0.15) is 0 Å². The molecular weight excluding hydrogens is 288 g/mol. The van der Waals surface area contributed by atoms with Crippen molar-refractivity contribution in [2.75, 3.05) is 13.1 Å². The maximum absolute atomic E-state index is 5.79. The van der Waals surface area contributed by atoms with Gasteiger partial charge in [0.1, 0.15) is 5.01 Å². The molecule has 0 atom stereocenters. The number of aromatic nitrogens is 1. The van der Waals surface area contributed by atoms with E-state index >= 15 is 0 Å². The standard InChI is InChI=1S/C16H21ClN2S/c1-3-9-19(4-2)11-13-5-7-14(8-6-13)16-18-15(10-17)12-20-16/h5-8,12H,3-4,9-11H2,1-2H3. The fourth-order valence-electron chi connectivity index (χ4n) is 2.18. The fourth-order valence-corrected chi connectivity index (χ4v) is 3.23. The first-order valence-electron chi connectivity index (χ1n) is 7.08. The third kappa shape index (κ3) is 4.05. The molecule has 0 saturated heterocycles. The predicted molar refractivity (Wildman–Crippen MR) is 88.3 cm³/mol. The SMILES string of the molecule is CCCN(CC)Cc1ccc(-c2nc(CCl)cs2)cc1. The molecule has 0 bridgehead atoms. The summed E-state index contributed by atoms with van der Waals surface area (Å²) in [4.78, 5) is 6.97. The van der Waals surface area contributed by atoms with Gasteiger partial charge >= 0.3 is 0 Å². The number of alkyl halides is 1. The van der Waals surface area contributed by atoms with E-state index in [4.69, 9.17) is 11.6 Å². The Labute approximate surface area is 130 Å². The second-order valence-electron chi connectivity index (χ2n) is 4.84. The molecule has 2 nitrogen and oxygen atoms in total. The molecule has 108 valence electrons. The van der Waals surface area contributed by atoms with Crippen LogP contribution in [0.25, 0.3) is 10.6 Å². The van der Waals surface area contributed by atoms with Crippen molar-refractivity contribution in [2.45, 2.75) is 32.7 Å². The Hall–Kier alpha value is -0.900. The van der Waals surface area contributed by atoms with Gasteiger partial charge in [-0.15, -0.1) is 22.9 Å². The number of hydrogen-bond donors (Lipinski definition) is 0. The first kappa shape index (κ1) is 15.5. The summed E-state index contributed by atoms with van der Waals surface area (Å²) < 4.78 is 0. The minimum Gasteiger partial charge on any atom is -0.299 e. The van der Waals surface area contributed by atoms with E-state index in [0.717, 1.165) is 30.3 Å². The van der Waals surface area contributed by atoms with Crippen LogP contribution in [0.3, 0.4) is 0 Å². The van der Waals surface area contributed by atoms with Crippen LogP contribution in [0.15, 0.2) is 29.6 Å². The molecule has 0 fully saturated rings. The smallest absolute Gasteiger partial charge is 0.123 e. The van der Waals surface area contributed by atoms with E-state index in [1.807, 2.05) is 5.38 Å². The third-order valence-corrected chi connectivity index (χ3v) is 4.50. The van der Waals surface area contributed by atoms with E-state index in [2.05, 4.69) is 48.0 Å². The molecule has 0 aliphatic heterocycles. The van der Waals surface area contributed by atoms with Gasteiger partial charge in [-0.05, 0) is 25.1 Å². The molecule has 0 N–H and O–H groups in total. The zero-order chi connectivity index (χ0) is 14.4. The second kappa shape index (κ2) is 7.77. The van der Waals surface area contributed by atoms with Crippen molar-refractivity contribution in [2.24, 2.45) is 0 Å². The van der Waals surface area contributed by atoms with Crippen molar-refractivity contribution in [1.29, 1.82) is 0 Å². The van der Waals surface area contributed by atoms with Crippen molar-refractivity contribution in [1.82, 2.24) is 9.88 Å². The maximum atomic E-state index is 5.79. The van der Waals surface area contributed by atoms with E-state index < -0.39 is 0 Å². The minimum atomic E-state index is 0.483. The molecule has 0 saturated carbocycles. The molecule has 1 aromatic carbocycles. The number of nitrogens with zero attached hydrogens (tertiary/aromatic N) is 2. The Morgan fingerprint density at radius 3 is 2.50 bits per heavy atom. The molecule has 1 heterocycles. The summed E-state index contributed by atoms with van der Waals surface area (Å²) in [7, 11) is 0. The van der Waals surface area contributed by atoms with Crippen molar-refractivity contribution in [3.05, 3.63) is 40.9 Å². The monoisotopic (exact) mass is 308 g/mol. The van der Waals surface area contributed by atoms with Crippen LogP contribution >= 0.6 is 22.9 Å². The van der Waals surface area contributed by atoms with Crippen LogP contribution in [0, 0.1) is 0 Å². The highest BCUT2D eigenvalue weighted by atomic mass is 35.5. The lowest BCUT2D eigenvalue weighted by atomic mass is 10.1. The molecule has 1 aromatic heterocycles. The summed E-state index contributed by atoms with van der Waals surface area (Å²) in [6, 6.07) is 8.72. The number of thiazole rings is 1. The highest BCUT2D eigenvalue weighted by Crippen LogP contribution is 2.24. The van der Waals surface area contributed by atoms with Crippen molar-refractivity contribution >= 4 is 22.9 Å². The normalized spacial score (nSPS) is 11.2. The summed E-state index contributed by atoms with van der Waals surface area (Å²) in [6.07, 6.45) is 1.20. The lowest BCUT2D eigenvalue weighted by molar-refractivity contribution is 0.280. The third-order valence-electron chi connectivity index (χ3n) is 3.28. The van der Waals surface area contributed by atoms with Crippen LogP contribution in [-0.4, -0.2) is 23.0 Å². The Bertz CT molecular complexity index is 522. The quantitative estimate of drug-likeness (QED) is 0.684. The molecule has 0 unspecified atom stereocenters. The molecular formula is C16H21ClN2S. The Morgan fingerprint density at radius 1 is 1.20 bits per heavy atom. The van der Waals surface area contributed by atoms with Crippen molar-refractivity contribution in [3.63, 3.8) is 0 Å². The Morgan fingerprint density at radius 2 is 1.95 bits per heavy atom. The second-order valence-corrected chi connectivity index (χ2v) is 5.97. The fraction of sp³-hybridized carbons (Fsp3) is 0.438. The van der Waals surface area contributed by atoms with Gasteiger partial charge in [0.25, 0.3) is 0 Å². The summed E-state index contributed by atoms with van der Waals surface area (Å²) in [5, 5.41) is 3.07. The highest BCUT2D eigenvalue weighted by Gasteiger charge is 2.06. The van der Waals surface area contributed by atoms with Crippen molar-refractivity contribution < 1.29 is 0 Å². The number of hydrogen-bond acceptors (Lipinski definition) is 3.